The third-order valence-electron chi connectivity index (χ3n) is 2.33. The highest BCUT2D eigenvalue weighted by molar-refractivity contribution is 7.44. The first-order valence-electron chi connectivity index (χ1n) is 5.62. The Kier molecular flexibility index (Phi) is 6.12. The van der Waals surface area contributed by atoms with Crippen molar-refractivity contribution in [2.24, 2.45) is 0 Å². The van der Waals surface area contributed by atoms with Gasteiger partial charge in [0.05, 0.1) is 28.1 Å². The second-order valence-corrected chi connectivity index (χ2v) is 5.47. The number of hydrogen-bond acceptors (Lipinski definition) is 8. The van der Waals surface area contributed by atoms with E-state index in [1.54, 1.807) is 0 Å². The van der Waals surface area contributed by atoms with E-state index in [0.29, 0.717) is 6.07 Å². The molecule has 1 rings (SSSR count). The second-order valence-electron chi connectivity index (χ2n) is 3.90. The molecule has 23 heavy (non-hydrogen) atoms. The third kappa shape index (κ3) is 5.54. The van der Waals surface area contributed by atoms with Crippen LogP contribution in [0.15, 0.2) is 12.1 Å². The number of hydrogen-bond donors (Lipinski definition) is 2. The quantitative estimate of drug-likeness (QED) is 0.296. The molecule has 0 radical (unpaired) electrons. The van der Waals surface area contributed by atoms with Crippen LogP contribution in [0.4, 0.5) is 11.4 Å². The predicted octanol–water partition coefficient (Wildman–Crippen LogP) is 0.364. The first-order chi connectivity index (χ1) is 10.5. The van der Waals surface area contributed by atoms with Gasteiger partial charge in [0.15, 0.2) is 0 Å². The molecular formula is C9H8ClN3O9P-. The van der Waals surface area contributed by atoms with Crippen molar-refractivity contribution in [2.45, 2.75) is 0 Å². The van der Waals surface area contributed by atoms with Gasteiger partial charge in [-0.3, -0.25) is 29.6 Å². The molecule has 1 aromatic carbocycles. The maximum atomic E-state index is 11.8. The summed E-state index contributed by atoms with van der Waals surface area (Å²) in [5.41, 5.74) is -2.09. The molecule has 1 atom stereocenters. The molecule has 0 saturated heterocycles. The number of non-ortho nitro benzene ring substituents is 1. The van der Waals surface area contributed by atoms with Crippen molar-refractivity contribution < 1.29 is 33.5 Å². The second kappa shape index (κ2) is 7.44. The van der Waals surface area contributed by atoms with Crippen LogP contribution in [0.3, 0.4) is 0 Å². The summed E-state index contributed by atoms with van der Waals surface area (Å²) >= 11 is 5.67. The maximum absolute atomic E-state index is 11.8. The molecule has 0 aromatic heterocycles. The topological polar surface area (TPSA) is 185 Å². The Bertz CT molecular complexity index is 704. The number of rotatable bonds is 7. The van der Waals surface area contributed by atoms with Gasteiger partial charge in [0.1, 0.15) is 5.02 Å². The van der Waals surface area contributed by atoms with E-state index in [-0.39, 0.29) is 0 Å². The van der Waals surface area contributed by atoms with Crippen molar-refractivity contribution in [1.82, 2.24) is 5.32 Å². The van der Waals surface area contributed by atoms with Gasteiger partial charge in [-0.1, -0.05) is 11.6 Å². The van der Waals surface area contributed by atoms with Crippen LogP contribution < -0.4 is 10.2 Å². The van der Waals surface area contributed by atoms with Crippen LogP contribution in [0.5, 0.6) is 0 Å². The van der Waals surface area contributed by atoms with Gasteiger partial charge in [0.25, 0.3) is 25.1 Å². The van der Waals surface area contributed by atoms with E-state index in [4.69, 9.17) is 16.5 Å². The molecule has 14 heteroatoms. The maximum Gasteiger partial charge on any atom is 0.295 e. The molecule has 126 valence electrons. The Hall–Kier alpha value is -2.11. The first kappa shape index (κ1) is 18.9. The summed E-state index contributed by atoms with van der Waals surface area (Å²) in [6, 6.07) is 1.33. The number of benzene rings is 1. The molecular weight excluding hydrogens is 361 g/mol. The van der Waals surface area contributed by atoms with Crippen molar-refractivity contribution in [3.63, 3.8) is 0 Å². The monoisotopic (exact) mass is 368 g/mol. The van der Waals surface area contributed by atoms with Crippen molar-refractivity contribution in [2.75, 3.05) is 13.2 Å². The average Bonchev–Trinajstić information content (AvgIpc) is 2.41. The number of phosphoric ester groups is 1. The molecule has 1 aromatic rings. The summed E-state index contributed by atoms with van der Waals surface area (Å²) in [7, 11) is -4.95. The molecule has 0 bridgehead atoms. The van der Waals surface area contributed by atoms with Gasteiger partial charge in [0, 0.05) is 12.6 Å². The van der Waals surface area contributed by atoms with E-state index in [2.05, 4.69) is 9.84 Å². The summed E-state index contributed by atoms with van der Waals surface area (Å²) in [6.45, 7) is -1.02. The van der Waals surface area contributed by atoms with Crippen LogP contribution in [0, 0.1) is 20.2 Å². The number of halogens is 1. The molecule has 0 heterocycles. The molecule has 1 unspecified atom stereocenters. The van der Waals surface area contributed by atoms with E-state index in [0.717, 1.165) is 6.07 Å². The number of carbonyl (C=O) groups is 1. The number of amides is 1. The SMILES string of the molecule is O=C(NCCOP(=O)([O-])O)c1cc([N+](=O)[O-])cc([N+](=O)[O-])c1Cl. The van der Waals surface area contributed by atoms with E-state index in [1.165, 1.54) is 0 Å². The number of nitrogens with zero attached hydrogens (tertiary/aromatic N) is 2. The molecule has 12 nitrogen and oxygen atoms in total. The number of carbonyl (C=O) groups excluding carboxylic acids is 1. The molecule has 2 N–H and O–H groups in total. The minimum Gasteiger partial charge on any atom is -0.756 e. The molecule has 0 aliphatic carbocycles. The predicted molar refractivity (Wildman–Crippen MR) is 72.9 cm³/mol. The van der Waals surface area contributed by atoms with Crippen LogP contribution in [0.1, 0.15) is 10.4 Å². The summed E-state index contributed by atoms with van der Waals surface area (Å²) in [5.74, 6) is -1.02. The molecule has 0 fully saturated rings. The zero-order valence-corrected chi connectivity index (χ0v) is 12.7. The number of nitrogens with one attached hydrogen (secondary N) is 1. The summed E-state index contributed by atoms with van der Waals surface area (Å²) in [4.78, 5) is 50.1. The van der Waals surface area contributed by atoms with Gasteiger partial charge >= 0.3 is 0 Å². The Labute approximate surface area is 132 Å². The lowest BCUT2D eigenvalue weighted by molar-refractivity contribution is -0.394. The van der Waals surface area contributed by atoms with Gasteiger partial charge in [-0.15, -0.1) is 0 Å². The Balaban J connectivity index is 2.97. The largest absolute Gasteiger partial charge is 0.756 e. The summed E-state index contributed by atoms with van der Waals surface area (Å²) in [6.07, 6.45) is 0. The van der Waals surface area contributed by atoms with Crippen LogP contribution in [0.2, 0.25) is 5.02 Å². The summed E-state index contributed by atoms with van der Waals surface area (Å²) < 4.78 is 14.3. The average molecular weight is 369 g/mol. The fourth-order valence-electron chi connectivity index (χ4n) is 1.42. The Morgan fingerprint density at radius 3 is 2.43 bits per heavy atom. The van der Waals surface area contributed by atoms with Crippen molar-refractivity contribution in [3.8, 4) is 0 Å². The number of phosphoric acid groups is 1. The van der Waals surface area contributed by atoms with Crippen molar-refractivity contribution >= 4 is 36.7 Å². The fourth-order valence-corrected chi connectivity index (χ4v) is 2.00. The highest BCUT2D eigenvalue weighted by atomic mass is 35.5. The molecule has 0 spiro atoms. The van der Waals surface area contributed by atoms with Crippen LogP contribution >= 0.6 is 19.4 Å². The normalized spacial score (nSPS) is 13.2. The van der Waals surface area contributed by atoms with Crippen LogP contribution in [0.25, 0.3) is 0 Å². The Morgan fingerprint density at radius 1 is 1.35 bits per heavy atom. The van der Waals surface area contributed by atoms with Gasteiger partial charge in [0.2, 0.25) is 0 Å². The molecule has 0 aliphatic rings. The molecule has 0 aliphatic heterocycles. The number of nitro benzene ring substituents is 2. The number of nitro groups is 2. The fraction of sp³-hybridized carbons (Fsp3) is 0.222. The third-order valence-corrected chi connectivity index (χ3v) is 3.24. The van der Waals surface area contributed by atoms with Crippen molar-refractivity contribution in [3.05, 3.63) is 42.9 Å². The standard InChI is InChI=1S/C9H9ClN3O9P/c10-8-6(9(14)11-1-2-22-23(19,20)21)3-5(12(15)16)4-7(8)13(17)18/h3-4H,1-2H2,(H,11,14)(H2,19,20,21)/p-1. The zero-order chi connectivity index (χ0) is 17.8. The van der Waals surface area contributed by atoms with Crippen LogP contribution in [-0.4, -0.2) is 33.8 Å². The summed E-state index contributed by atoms with van der Waals surface area (Å²) in [5, 5.41) is 23.0. The Morgan fingerprint density at radius 2 is 1.96 bits per heavy atom. The van der Waals surface area contributed by atoms with Crippen molar-refractivity contribution in [1.29, 1.82) is 0 Å². The minimum absolute atomic E-state index is 0.404. The van der Waals surface area contributed by atoms with E-state index < -0.39 is 58.7 Å². The lowest BCUT2D eigenvalue weighted by Gasteiger charge is -2.15. The van der Waals surface area contributed by atoms with Gasteiger partial charge in [-0.25, -0.2) is 0 Å². The lowest BCUT2D eigenvalue weighted by Crippen LogP contribution is -2.28. The van der Waals surface area contributed by atoms with Crippen LogP contribution in [-0.2, 0) is 9.09 Å². The van der Waals surface area contributed by atoms with E-state index in [1.807, 2.05) is 0 Å². The van der Waals surface area contributed by atoms with Gasteiger partial charge < -0.3 is 19.6 Å². The highest BCUT2D eigenvalue weighted by Gasteiger charge is 2.26. The zero-order valence-electron chi connectivity index (χ0n) is 11.0. The van der Waals surface area contributed by atoms with E-state index >= 15 is 0 Å². The minimum atomic E-state index is -4.95. The van der Waals surface area contributed by atoms with Gasteiger partial charge in [-0.05, 0) is 0 Å². The molecule has 0 saturated carbocycles. The van der Waals surface area contributed by atoms with E-state index in [9.17, 15) is 34.5 Å². The molecule has 1 amide bonds. The first-order valence-corrected chi connectivity index (χ1v) is 7.49. The smallest absolute Gasteiger partial charge is 0.295 e. The van der Waals surface area contributed by atoms with Gasteiger partial charge in [-0.2, -0.15) is 0 Å². The lowest BCUT2D eigenvalue weighted by atomic mass is 10.1. The highest BCUT2D eigenvalue weighted by Crippen LogP contribution is 2.33.